The molecule has 0 saturated carbocycles. The Morgan fingerprint density at radius 3 is 2.43 bits per heavy atom. The van der Waals surface area contributed by atoms with E-state index < -0.39 is 5.91 Å². The van der Waals surface area contributed by atoms with E-state index in [0.717, 1.165) is 0 Å². The summed E-state index contributed by atoms with van der Waals surface area (Å²) in [4.78, 5) is 3.42. The second-order valence-corrected chi connectivity index (χ2v) is 1.29. The second-order valence-electron chi connectivity index (χ2n) is 1.29. The Kier molecular flexibility index (Phi) is 2.17. The van der Waals surface area contributed by atoms with Gasteiger partial charge in [-0.25, -0.2) is 4.84 Å². The Morgan fingerprint density at radius 2 is 2.43 bits per heavy atom. The Morgan fingerprint density at radius 1 is 2.00 bits per heavy atom. The molecule has 1 atom stereocenters. The van der Waals surface area contributed by atoms with E-state index in [2.05, 4.69) is 4.84 Å². The molecular formula is C3H8N2O2. The summed E-state index contributed by atoms with van der Waals surface area (Å²) in [6.45, 7) is 1.58. The SMILES string of the molecule is CCC(N)(O)O[N]. The van der Waals surface area contributed by atoms with Crippen molar-refractivity contribution in [3.8, 4) is 0 Å². The highest BCUT2D eigenvalue weighted by Gasteiger charge is 2.17. The summed E-state index contributed by atoms with van der Waals surface area (Å²) in [5.41, 5.74) is 4.80. The van der Waals surface area contributed by atoms with Crippen LogP contribution in [0.4, 0.5) is 0 Å². The monoisotopic (exact) mass is 104 g/mol. The van der Waals surface area contributed by atoms with Crippen molar-refractivity contribution in [1.82, 2.24) is 5.90 Å². The minimum absolute atomic E-state index is 0.156. The van der Waals surface area contributed by atoms with Crippen molar-refractivity contribution in [3.05, 3.63) is 0 Å². The van der Waals surface area contributed by atoms with Gasteiger partial charge in [0.1, 0.15) is 0 Å². The summed E-state index contributed by atoms with van der Waals surface area (Å²) >= 11 is 0. The van der Waals surface area contributed by atoms with E-state index in [0.29, 0.717) is 0 Å². The van der Waals surface area contributed by atoms with Gasteiger partial charge < -0.3 is 5.11 Å². The molecule has 0 aliphatic heterocycles. The molecular weight excluding hydrogens is 96.0 g/mol. The molecule has 7 heavy (non-hydrogen) atoms. The van der Waals surface area contributed by atoms with Gasteiger partial charge in [-0.15, -0.1) is 0 Å². The van der Waals surface area contributed by atoms with Crippen LogP contribution in [0, 0.1) is 0 Å². The van der Waals surface area contributed by atoms with E-state index in [1.54, 1.807) is 6.92 Å². The second kappa shape index (κ2) is 2.23. The largest absolute Gasteiger partial charge is 0.352 e. The molecule has 0 aromatic heterocycles. The van der Waals surface area contributed by atoms with Crippen LogP contribution in [0.1, 0.15) is 13.3 Å². The maximum absolute atomic E-state index is 8.44. The van der Waals surface area contributed by atoms with E-state index >= 15 is 0 Å². The average Bonchev–Trinajstić information content (AvgIpc) is 1.68. The first-order valence-electron chi connectivity index (χ1n) is 1.96. The van der Waals surface area contributed by atoms with Gasteiger partial charge in [-0.2, -0.15) is 0 Å². The number of nitrogens with two attached hydrogens (primary N) is 1. The highest BCUT2D eigenvalue weighted by Crippen LogP contribution is 1.97. The molecule has 0 spiro atoms. The summed E-state index contributed by atoms with van der Waals surface area (Å²) < 4.78 is 0. The molecule has 0 amide bonds. The highest BCUT2D eigenvalue weighted by molar-refractivity contribution is 4.48. The summed E-state index contributed by atoms with van der Waals surface area (Å²) in [6.07, 6.45) is 0.156. The highest BCUT2D eigenvalue weighted by atomic mass is 16.7. The predicted octanol–water partition coefficient (Wildman–Crippen LogP) is -0.999. The zero-order valence-electron chi connectivity index (χ0n) is 4.09. The molecule has 2 radical (unpaired) electrons. The minimum Gasteiger partial charge on any atom is -0.352 e. The summed E-state index contributed by atoms with van der Waals surface area (Å²) in [5.74, 6) is 5.86. The quantitative estimate of drug-likeness (QED) is 0.348. The van der Waals surface area contributed by atoms with Crippen LogP contribution in [-0.4, -0.2) is 11.0 Å². The summed E-state index contributed by atoms with van der Waals surface area (Å²) in [6, 6.07) is 0. The van der Waals surface area contributed by atoms with Crippen molar-refractivity contribution < 1.29 is 9.94 Å². The first-order valence-corrected chi connectivity index (χ1v) is 1.96. The van der Waals surface area contributed by atoms with Gasteiger partial charge in [0, 0.05) is 12.3 Å². The normalized spacial score (nSPS) is 18.9. The van der Waals surface area contributed by atoms with Crippen LogP contribution < -0.4 is 11.6 Å². The Labute approximate surface area is 42.0 Å². The molecule has 0 rings (SSSR count). The molecule has 3 N–H and O–H groups in total. The summed E-state index contributed by atoms with van der Waals surface area (Å²) in [7, 11) is 0. The molecule has 4 heteroatoms. The fraction of sp³-hybridized carbons (Fsp3) is 1.00. The molecule has 0 saturated heterocycles. The van der Waals surface area contributed by atoms with Crippen molar-refractivity contribution in [3.63, 3.8) is 0 Å². The van der Waals surface area contributed by atoms with E-state index in [1.807, 2.05) is 0 Å². The van der Waals surface area contributed by atoms with Crippen LogP contribution in [0.3, 0.4) is 0 Å². The lowest BCUT2D eigenvalue weighted by atomic mass is 10.4. The predicted molar refractivity (Wildman–Crippen MR) is 22.6 cm³/mol. The molecule has 42 valence electrons. The molecule has 4 nitrogen and oxygen atoms in total. The van der Waals surface area contributed by atoms with Gasteiger partial charge in [0.15, 0.2) is 0 Å². The average molecular weight is 104 g/mol. The zero-order valence-corrected chi connectivity index (χ0v) is 4.09. The van der Waals surface area contributed by atoms with Crippen LogP contribution in [0.15, 0.2) is 0 Å². The zero-order chi connectivity index (χ0) is 5.91. The third kappa shape index (κ3) is 2.52. The smallest absolute Gasteiger partial charge is 0.243 e. The van der Waals surface area contributed by atoms with Crippen molar-refractivity contribution in [1.29, 1.82) is 0 Å². The van der Waals surface area contributed by atoms with Crippen LogP contribution in [0.2, 0.25) is 0 Å². The van der Waals surface area contributed by atoms with Crippen LogP contribution in [0.5, 0.6) is 0 Å². The first kappa shape index (κ1) is 6.84. The lowest BCUT2D eigenvalue weighted by molar-refractivity contribution is -0.211. The van der Waals surface area contributed by atoms with Gasteiger partial charge in [-0.3, -0.25) is 5.73 Å². The van der Waals surface area contributed by atoms with Crippen LogP contribution in [0.25, 0.3) is 0 Å². The standard InChI is InChI=1S/C3H8N2O2/c1-2-3(4,6)7-5/h6H,2,4H2,1H3. The Bertz CT molecular complexity index is 48.9. The number of aliphatic hydroxyl groups is 1. The van der Waals surface area contributed by atoms with Crippen LogP contribution in [-0.2, 0) is 4.84 Å². The molecule has 0 aliphatic rings. The molecule has 0 fully saturated rings. The molecule has 1 unspecified atom stereocenters. The summed E-state index contributed by atoms with van der Waals surface area (Å²) in [5, 5.41) is 8.44. The third-order valence-corrected chi connectivity index (χ3v) is 0.665. The number of nitrogens with zero attached hydrogens (tertiary/aromatic N) is 1. The number of rotatable bonds is 2. The van der Waals surface area contributed by atoms with E-state index in [4.69, 9.17) is 16.7 Å². The fourth-order valence-electron chi connectivity index (χ4n) is 0.0645. The molecule has 0 aliphatic carbocycles. The first-order chi connectivity index (χ1) is 3.12. The van der Waals surface area contributed by atoms with Crippen molar-refractivity contribution in [2.75, 3.05) is 0 Å². The van der Waals surface area contributed by atoms with Crippen molar-refractivity contribution >= 4 is 0 Å². The lowest BCUT2D eigenvalue weighted by Crippen LogP contribution is -2.41. The van der Waals surface area contributed by atoms with E-state index in [-0.39, 0.29) is 6.42 Å². The molecule has 0 aromatic carbocycles. The van der Waals surface area contributed by atoms with Gasteiger partial charge in [-0.05, 0) is 0 Å². The van der Waals surface area contributed by atoms with Crippen molar-refractivity contribution in [2.24, 2.45) is 5.73 Å². The van der Waals surface area contributed by atoms with Gasteiger partial charge in [0.25, 0.3) is 0 Å². The Balaban J connectivity index is 3.36. The molecule has 0 aromatic rings. The topological polar surface area (TPSA) is 77.8 Å². The van der Waals surface area contributed by atoms with Gasteiger partial charge in [0.05, 0.1) is 0 Å². The van der Waals surface area contributed by atoms with Gasteiger partial charge >= 0.3 is 0 Å². The van der Waals surface area contributed by atoms with E-state index in [1.165, 1.54) is 0 Å². The maximum atomic E-state index is 8.44. The minimum atomic E-state index is -1.86. The third-order valence-electron chi connectivity index (χ3n) is 0.665. The number of hydrogen-bond donors (Lipinski definition) is 2. The van der Waals surface area contributed by atoms with E-state index in [9.17, 15) is 0 Å². The number of hydrogen-bond acceptors (Lipinski definition) is 3. The van der Waals surface area contributed by atoms with Crippen LogP contribution >= 0.6 is 0 Å². The molecule has 0 heterocycles. The lowest BCUT2D eigenvalue weighted by Gasteiger charge is -2.14. The molecule has 0 bridgehead atoms. The maximum Gasteiger partial charge on any atom is 0.243 e. The van der Waals surface area contributed by atoms with Crippen molar-refractivity contribution in [2.45, 2.75) is 19.3 Å². The Hall–Kier alpha value is -0.160. The van der Waals surface area contributed by atoms with Gasteiger partial charge in [-0.1, -0.05) is 6.92 Å². The fourth-order valence-corrected chi connectivity index (χ4v) is 0.0645. The van der Waals surface area contributed by atoms with Gasteiger partial charge in [0.2, 0.25) is 5.91 Å².